The van der Waals surface area contributed by atoms with E-state index in [1.807, 2.05) is 0 Å². The molecule has 1 saturated heterocycles. The molecule has 1 fully saturated rings. The van der Waals surface area contributed by atoms with E-state index in [1.54, 1.807) is 0 Å². The molecule has 1 aromatic rings. The number of aliphatic carboxylic acids is 1. The van der Waals surface area contributed by atoms with Gasteiger partial charge in [0.05, 0.1) is 12.5 Å². The second kappa shape index (κ2) is 8.35. The molecule has 10 heteroatoms. The van der Waals surface area contributed by atoms with E-state index in [1.165, 1.54) is 4.90 Å². The molecule has 1 N–H and O–H groups in total. The van der Waals surface area contributed by atoms with Crippen molar-refractivity contribution in [3.63, 3.8) is 0 Å². The van der Waals surface area contributed by atoms with Gasteiger partial charge in [-0.05, 0) is 25.0 Å². The van der Waals surface area contributed by atoms with Gasteiger partial charge < -0.3 is 19.3 Å². The van der Waals surface area contributed by atoms with Crippen LogP contribution in [-0.2, 0) is 27.0 Å². The number of carboxylic acid groups (broad SMARTS) is 1. The van der Waals surface area contributed by atoms with E-state index in [2.05, 4.69) is 0 Å². The predicted octanol–water partition coefficient (Wildman–Crippen LogP) is 1.35. The number of aromatic nitrogens is 1. The van der Waals surface area contributed by atoms with Gasteiger partial charge in [-0.3, -0.25) is 14.4 Å². The molecule has 7 nitrogen and oxygen atoms in total. The highest BCUT2D eigenvalue weighted by Gasteiger charge is 2.34. The number of pyridine rings is 1. The van der Waals surface area contributed by atoms with Crippen LogP contribution in [0.5, 0.6) is 0 Å². The van der Waals surface area contributed by atoms with Gasteiger partial charge in [0.25, 0.3) is 5.56 Å². The number of alkyl halides is 3. The Morgan fingerprint density at radius 1 is 1.38 bits per heavy atom. The van der Waals surface area contributed by atoms with E-state index in [9.17, 15) is 27.6 Å². The van der Waals surface area contributed by atoms with Crippen molar-refractivity contribution in [3.05, 3.63) is 34.2 Å². The normalized spacial score (nSPS) is 17.3. The summed E-state index contributed by atoms with van der Waals surface area (Å²) in [5, 5.41) is 8.82. The first-order valence-electron chi connectivity index (χ1n) is 8.06. The Bertz CT molecular complexity index is 711. The second-order valence-electron chi connectivity index (χ2n) is 5.97. The third-order valence-corrected chi connectivity index (χ3v) is 4.03. The Hall–Kier alpha value is -2.36. The first kappa shape index (κ1) is 20.0. The van der Waals surface area contributed by atoms with Crippen LogP contribution in [0.1, 0.15) is 24.8 Å². The number of hydrogen-bond acceptors (Lipinski definition) is 4. The Morgan fingerprint density at radius 3 is 2.69 bits per heavy atom. The Kier molecular flexibility index (Phi) is 6.41. The number of amides is 1. The standard InChI is InChI=1S/C16H19F3N2O5/c17-16(18,19)12-4-1-6-21(15(12)25)10-13(22)20(7-5-14(23)24)9-11-3-2-8-26-11/h1,4,6,11H,2-3,5,7-10H2,(H,23,24)/t11-/m0/s1. The average molecular weight is 376 g/mol. The maximum Gasteiger partial charge on any atom is 0.421 e. The third kappa shape index (κ3) is 5.32. The van der Waals surface area contributed by atoms with Crippen molar-refractivity contribution in [2.75, 3.05) is 19.7 Å². The van der Waals surface area contributed by atoms with Gasteiger partial charge in [0.15, 0.2) is 0 Å². The Balaban J connectivity index is 2.15. The summed E-state index contributed by atoms with van der Waals surface area (Å²) < 4.78 is 44.5. The first-order chi connectivity index (χ1) is 12.2. The van der Waals surface area contributed by atoms with Crippen molar-refractivity contribution in [2.24, 2.45) is 0 Å². The van der Waals surface area contributed by atoms with E-state index in [0.29, 0.717) is 23.7 Å². The van der Waals surface area contributed by atoms with E-state index in [4.69, 9.17) is 9.84 Å². The van der Waals surface area contributed by atoms with Gasteiger partial charge in [-0.1, -0.05) is 0 Å². The molecule has 0 aromatic carbocycles. The van der Waals surface area contributed by atoms with Crippen molar-refractivity contribution < 1.29 is 32.6 Å². The molecular formula is C16H19F3N2O5. The summed E-state index contributed by atoms with van der Waals surface area (Å²) in [6.07, 6.45) is -2.75. The molecule has 1 aliphatic rings. The van der Waals surface area contributed by atoms with Crippen LogP contribution in [0, 0.1) is 0 Å². The predicted molar refractivity (Wildman–Crippen MR) is 83.5 cm³/mol. The zero-order valence-corrected chi connectivity index (χ0v) is 13.9. The Labute approximate surface area is 147 Å². The zero-order chi connectivity index (χ0) is 19.3. The zero-order valence-electron chi connectivity index (χ0n) is 13.9. The van der Waals surface area contributed by atoms with Gasteiger partial charge in [0, 0.05) is 25.9 Å². The number of carbonyl (C=O) groups excluding carboxylic acids is 1. The highest BCUT2D eigenvalue weighted by molar-refractivity contribution is 5.77. The molecule has 1 aromatic heterocycles. The highest BCUT2D eigenvalue weighted by Crippen LogP contribution is 2.26. The van der Waals surface area contributed by atoms with E-state index < -0.39 is 35.7 Å². The van der Waals surface area contributed by atoms with E-state index in [0.717, 1.165) is 18.7 Å². The summed E-state index contributed by atoms with van der Waals surface area (Å²) >= 11 is 0. The minimum absolute atomic E-state index is 0.109. The van der Waals surface area contributed by atoms with Crippen LogP contribution in [0.25, 0.3) is 0 Å². The minimum atomic E-state index is -4.82. The SMILES string of the molecule is O=C(O)CCN(C[C@@H]1CCCO1)C(=O)Cn1cccc(C(F)(F)F)c1=O. The molecule has 144 valence electrons. The molecule has 1 atom stereocenters. The molecule has 0 radical (unpaired) electrons. The van der Waals surface area contributed by atoms with Gasteiger partial charge in [-0.25, -0.2) is 0 Å². The molecule has 0 bridgehead atoms. The van der Waals surface area contributed by atoms with Crippen molar-refractivity contribution >= 4 is 11.9 Å². The lowest BCUT2D eigenvalue weighted by molar-refractivity contribution is -0.141. The number of nitrogens with zero attached hydrogens (tertiary/aromatic N) is 2. The number of hydrogen-bond donors (Lipinski definition) is 1. The Morgan fingerprint density at radius 2 is 2.12 bits per heavy atom. The summed E-state index contributed by atoms with van der Waals surface area (Å²) in [5.41, 5.74) is -2.67. The average Bonchev–Trinajstić information content (AvgIpc) is 3.05. The van der Waals surface area contributed by atoms with Crippen LogP contribution in [0.15, 0.2) is 23.1 Å². The minimum Gasteiger partial charge on any atom is -0.481 e. The topological polar surface area (TPSA) is 88.8 Å². The van der Waals surface area contributed by atoms with Crippen LogP contribution >= 0.6 is 0 Å². The monoisotopic (exact) mass is 376 g/mol. The highest BCUT2D eigenvalue weighted by atomic mass is 19.4. The lowest BCUT2D eigenvalue weighted by atomic mass is 10.2. The number of halogens is 3. The number of carboxylic acids is 1. The molecule has 1 aliphatic heterocycles. The molecule has 0 spiro atoms. The summed E-state index contributed by atoms with van der Waals surface area (Å²) in [5.74, 6) is -1.74. The smallest absolute Gasteiger partial charge is 0.421 e. The van der Waals surface area contributed by atoms with Gasteiger partial charge in [-0.15, -0.1) is 0 Å². The third-order valence-electron chi connectivity index (χ3n) is 4.03. The fraction of sp³-hybridized carbons (Fsp3) is 0.562. The second-order valence-corrected chi connectivity index (χ2v) is 5.97. The van der Waals surface area contributed by atoms with Crippen LogP contribution in [-0.4, -0.2) is 52.3 Å². The van der Waals surface area contributed by atoms with Crippen molar-refractivity contribution in [3.8, 4) is 0 Å². The fourth-order valence-electron chi connectivity index (χ4n) is 2.71. The number of rotatable bonds is 7. The molecule has 1 amide bonds. The van der Waals surface area contributed by atoms with Gasteiger partial charge in [-0.2, -0.15) is 13.2 Å². The van der Waals surface area contributed by atoms with Gasteiger partial charge in [0.2, 0.25) is 5.91 Å². The van der Waals surface area contributed by atoms with Crippen molar-refractivity contribution in [1.29, 1.82) is 0 Å². The summed E-state index contributed by atoms with van der Waals surface area (Å²) in [6.45, 7) is -0.0324. The molecule has 0 saturated carbocycles. The van der Waals surface area contributed by atoms with Gasteiger partial charge >= 0.3 is 12.1 Å². The lowest BCUT2D eigenvalue weighted by Gasteiger charge is -2.25. The molecule has 0 unspecified atom stereocenters. The van der Waals surface area contributed by atoms with Crippen LogP contribution < -0.4 is 5.56 Å². The number of ether oxygens (including phenoxy) is 1. The van der Waals surface area contributed by atoms with Crippen LogP contribution in [0.4, 0.5) is 13.2 Å². The van der Waals surface area contributed by atoms with Crippen LogP contribution in [0.2, 0.25) is 0 Å². The maximum absolute atomic E-state index is 12.8. The lowest BCUT2D eigenvalue weighted by Crippen LogP contribution is -2.42. The molecule has 2 heterocycles. The molecule has 2 rings (SSSR count). The molecular weight excluding hydrogens is 357 g/mol. The largest absolute Gasteiger partial charge is 0.481 e. The molecule has 26 heavy (non-hydrogen) atoms. The van der Waals surface area contributed by atoms with Gasteiger partial charge in [0.1, 0.15) is 12.1 Å². The first-order valence-corrected chi connectivity index (χ1v) is 8.06. The fourth-order valence-corrected chi connectivity index (χ4v) is 2.71. The summed E-state index contributed by atoms with van der Waals surface area (Å²) in [6, 6.07) is 1.69. The number of carbonyl (C=O) groups is 2. The van der Waals surface area contributed by atoms with Crippen molar-refractivity contribution in [1.82, 2.24) is 9.47 Å². The van der Waals surface area contributed by atoms with Crippen molar-refractivity contribution in [2.45, 2.75) is 38.1 Å². The molecule has 0 aliphatic carbocycles. The van der Waals surface area contributed by atoms with Crippen LogP contribution in [0.3, 0.4) is 0 Å². The van der Waals surface area contributed by atoms with E-state index >= 15 is 0 Å². The van der Waals surface area contributed by atoms with E-state index in [-0.39, 0.29) is 25.6 Å². The summed E-state index contributed by atoms with van der Waals surface area (Å²) in [7, 11) is 0. The summed E-state index contributed by atoms with van der Waals surface area (Å²) in [4.78, 5) is 36.4. The quantitative estimate of drug-likeness (QED) is 0.776. The maximum atomic E-state index is 12.8.